The van der Waals surface area contributed by atoms with E-state index in [1.165, 1.54) is 17.6 Å². The lowest BCUT2D eigenvalue weighted by atomic mass is 10.2. The number of nitrogens with zero attached hydrogens (tertiary/aromatic N) is 1. The Morgan fingerprint density at radius 2 is 2.24 bits per heavy atom. The molecule has 112 valence electrons. The maximum Gasteiger partial charge on any atom is 0.358 e. The number of hydrogen-bond donors (Lipinski definition) is 2. The highest BCUT2D eigenvalue weighted by Crippen LogP contribution is 2.24. The van der Waals surface area contributed by atoms with Gasteiger partial charge in [0.1, 0.15) is 0 Å². The van der Waals surface area contributed by atoms with Crippen LogP contribution in [0.5, 0.6) is 0 Å². The minimum absolute atomic E-state index is 0.205. The van der Waals surface area contributed by atoms with Crippen molar-refractivity contribution in [2.45, 2.75) is 10.8 Å². The van der Waals surface area contributed by atoms with Crippen LogP contribution in [0.25, 0.3) is 0 Å². The van der Waals surface area contributed by atoms with E-state index in [-0.39, 0.29) is 22.2 Å². The summed E-state index contributed by atoms with van der Waals surface area (Å²) < 4.78 is 31.2. The molecule has 9 heteroatoms. The quantitative estimate of drug-likeness (QED) is 0.800. The molecule has 0 aliphatic rings. The Morgan fingerprint density at radius 1 is 1.48 bits per heavy atom. The Morgan fingerprint density at radius 3 is 2.90 bits per heavy atom. The maximum atomic E-state index is 12.3. The lowest BCUT2D eigenvalue weighted by molar-refractivity contribution is 0.0590. The average molecular weight is 328 g/mol. The molecule has 0 saturated heterocycles. The molecular weight excluding hydrogens is 316 g/mol. The molecule has 0 aliphatic carbocycles. The van der Waals surface area contributed by atoms with Crippen molar-refractivity contribution in [3.8, 4) is 0 Å². The van der Waals surface area contributed by atoms with Crippen molar-refractivity contribution in [1.82, 2.24) is 4.98 Å². The van der Waals surface area contributed by atoms with Crippen molar-refractivity contribution in [3.05, 3.63) is 41.0 Å². The summed E-state index contributed by atoms with van der Waals surface area (Å²) in [6.07, 6.45) is 0. The van der Waals surface area contributed by atoms with Crippen LogP contribution >= 0.6 is 11.3 Å². The van der Waals surface area contributed by atoms with Gasteiger partial charge in [-0.25, -0.2) is 18.2 Å². The second kappa shape index (κ2) is 6.20. The number of methoxy groups -OCH3 is 1. The number of sulfonamides is 1. The number of esters is 1. The van der Waals surface area contributed by atoms with Crippen LogP contribution in [0.3, 0.4) is 0 Å². The molecule has 2 aromatic rings. The highest BCUT2D eigenvalue weighted by atomic mass is 32.2. The van der Waals surface area contributed by atoms with Gasteiger partial charge < -0.3 is 9.84 Å². The monoisotopic (exact) mass is 328 g/mol. The SMILES string of the molecule is COC(=O)c1ncsc1S(=O)(=O)Nc1cccc(CO)c1. The zero-order valence-corrected chi connectivity index (χ0v) is 12.6. The highest BCUT2D eigenvalue weighted by molar-refractivity contribution is 7.94. The number of carbonyl (C=O) groups is 1. The van der Waals surface area contributed by atoms with Crippen LogP contribution in [0.15, 0.2) is 34.0 Å². The summed E-state index contributed by atoms with van der Waals surface area (Å²) in [5, 5.41) is 9.05. The van der Waals surface area contributed by atoms with Crippen molar-refractivity contribution in [1.29, 1.82) is 0 Å². The fraction of sp³-hybridized carbons (Fsp3) is 0.167. The standard InChI is InChI=1S/C12H12N2O5S2/c1-19-11(16)10-12(20-7-13-10)21(17,18)14-9-4-2-3-8(5-9)6-15/h2-5,7,14-15H,6H2,1H3. The zero-order valence-electron chi connectivity index (χ0n) is 10.9. The molecule has 0 spiro atoms. The summed E-state index contributed by atoms with van der Waals surface area (Å²) in [4.78, 5) is 15.2. The molecule has 0 radical (unpaired) electrons. The van der Waals surface area contributed by atoms with E-state index in [0.29, 0.717) is 5.56 Å². The third-order valence-corrected chi connectivity index (χ3v) is 5.27. The summed E-state index contributed by atoms with van der Waals surface area (Å²) in [6, 6.07) is 6.30. The van der Waals surface area contributed by atoms with Crippen LogP contribution in [-0.2, 0) is 21.4 Å². The van der Waals surface area contributed by atoms with Gasteiger partial charge in [-0.05, 0) is 17.7 Å². The van der Waals surface area contributed by atoms with Crippen molar-refractivity contribution in [2.75, 3.05) is 11.8 Å². The molecule has 0 bridgehead atoms. The molecule has 0 atom stereocenters. The summed E-state index contributed by atoms with van der Waals surface area (Å²) in [5.41, 5.74) is 1.84. The number of hydrogen-bond acceptors (Lipinski definition) is 7. The van der Waals surface area contributed by atoms with Crippen LogP contribution in [0.1, 0.15) is 16.1 Å². The summed E-state index contributed by atoms with van der Waals surface area (Å²) in [7, 11) is -2.81. The predicted octanol–water partition coefficient (Wildman–Crippen LogP) is 1.22. The van der Waals surface area contributed by atoms with E-state index in [0.717, 1.165) is 18.4 Å². The van der Waals surface area contributed by atoms with Crippen molar-refractivity contribution in [3.63, 3.8) is 0 Å². The van der Waals surface area contributed by atoms with E-state index in [1.807, 2.05) is 0 Å². The second-order valence-corrected chi connectivity index (χ2v) is 6.68. The van der Waals surface area contributed by atoms with Gasteiger partial charge >= 0.3 is 5.97 Å². The van der Waals surface area contributed by atoms with E-state index < -0.39 is 16.0 Å². The van der Waals surface area contributed by atoms with Crippen LogP contribution in [-0.4, -0.2) is 31.6 Å². The average Bonchev–Trinajstić information content (AvgIpc) is 2.96. The van der Waals surface area contributed by atoms with Gasteiger partial charge in [0.15, 0.2) is 9.90 Å². The van der Waals surface area contributed by atoms with Gasteiger partial charge in [-0.3, -0.25) is 4.72 Å². The van der Waals surface area contributed by atoms with Gasteiger partial charge in [-0.2, -0.15) is 0 Å². The third kappa shape index (κ3) is 3.38. The molecule has 0 unspecified atom stereocenters. The predicted molar refractivity (Wildman–Crippen MR) is 76.6 cm³/mol. The zero-order chi connectivity index (χ0) is 15.5. The van der Waals surface area contributed by atoms with Crippen LogP contribution in [0.2, 0.25) is 0 Å². The Labute approximate surface area is 125 Å². The molecule has 0 amide bonds. The number of anilines is 1. The minimum Gasteiger partial charge on any atom is -0.464 e. The van der Waals surface area contributed by atoms with Gasteiger partial charge in [0, 0.05) is 5.69 Å². The molecule has 0 saturated carbocycles. The molecule has 0 aliphatic heterocycles. The molecule has 1 aromatic heterocycles. The molecule has 2 N–H and O–H groups in total. The van der Waals surface area contributed by atoms with E-state index in [2.05, 4.69) is 14.4 Å². The van der Waals surface area contributed by atoms with Gasteiger partial charge in [-0.1, -0.05) is 12.1 Å². The van der Waals surface area contributed by atoms with Crippen molar-refractivity contribution >= 4 is 33.0 Å². The van der Waals surface area contributed by atoms with E-state index in [1.54, 1.807) is 12.1 Å². The van der Waals surface area contributed by atoms with Crippen LogP contribution in [0.4, 0.5) is 5.69 Å². The fourth-order valence-electron chi connectivity index (χ4n) is 1.59. The van der Waals surface area contributed by atoms with Gasteiger partial charge in [0.25, 0.3) is 10.0 Å². The first kappa shape index (κ1) is 15.4. The van der Waals surface area contributed by atoms with Gasteiger partial charge in [0.05, 0.1) is 19.2 Å². The number of aliphatic hydroxyl groups excluding tert-OH is 1. The largest absolute Gasteiger partial charge is 0.464 e. The van der Waals surface area contributed by atoms with Crippen molar-refractivity contribution < 1.29 is 23.1 Å². The number of aromatic nitrogens is 1. The maximum absolute atomic E-state index is 12.3. The first-order chi connectivity index (χ1) is 9.97. The molecular formula is C12H12N2O5S2. The van der Waals surface area contributed by atoms with Crippen LogP contribution < -0.4 is 4.72 Å². The summed E-state index contributed by atoms with van der Waals surface area (Å²) in [6.45, 7) is -0.205. The minimum atomic E-state index is -3.96. The van der Waals surface area contributed by atoms with E-state index in [9.17, 15) is 13.2 Å². The van der Waals surface area contributed by atoms with E-state index in [4.69, 9.17) is 5.11 Å². The Hall–Kier alpha value is -1.97. The number of nitrogens with one attached hydrogen (secondary N) is 1. The Balaban J connectivity index is 2.34. The normalized spacial score (nSPS) is 11.1. The molecule has 21 heavy (non-hydrogen) atoms. The molecule has 7 nitrogen and oxygen atoms in total. The number of carbonyl (C=O) groups excluding carboxylic acids is 1. The second-order valence-electron chi connectivity index (χ2n) is 3.94. The van der Waals surface area contributed by atoms with Gasteiger partial charge in [-0.15, -0.1) is 11.3 Å². The fourth-order valence-corrected chi connectivity index (χ4v) is 3.78. The number of benzene rings is 1. The lowest BCUT2D eigenvalue weighted by Gasteiger charge is -2.08. The number of thiazole rings is 1. The number of ether oxygens (including phenoxy) is 1. The third-order valence-electron chi connectivity index (χ3n) is 2.52. The first-order valence-corrected chi connectivity index (χ1v) is 8.08. The van der Waals surface area contributed by atoms with E-state index >= 15 is 0 Å². The topological polar surface area (TPSA) is 106 Å². The number of rotatable bonds is 5. The highest BCUT2D eigenvalue weighted by Gasteiger charge is 2.26. The molecule has 0 fully saturated rings. The van der Waals surface area contributed by atoms with Crippen molar-refractivity contribution in [2.24, 2.45) is 0 Å². The number of aliphatic hydroxyl groups is 1. The Kier molecular flexibility index (Phi) is 4.56. The first-order valence-electron chi connectivity index (χ1n) is 5.72. The molecule has 2 rings (SSSR count). The molecule has 1 aromatic carbocycles. The summed E-state index contributed by atoms with van der Waals surface area (Å²) >= 11 is 0.818. The smallest absolute Gasteiger partial charge is 0.358 e. The summed E-state index contributed by atoms with van der Waals surface area (Å²) in [5.74, 6) is -0.819. The van der Waals surface area contributed by atoms with Gasteiger partial charge in [0.2, 0.25) is 0 Å². The Bertz CT molecular complexity index is 755. The lowest BCUT2D eigenvalue weighted by Crippen LogP contribution is -2.16. The van der Waals surface area contributed by atoms with Crippen LogP contribution in [0, 0.1) is 0 Å². The molecule has 1 heterocycles.